The first-order chi connectivity index (χ1) is 11.5. The summed E-state index contributed by atoms with van der Waals surface area (Å²) in [5.41, 5.74) is 1.96. The van der Waals surface area contributed by atoms with Crippen molar-refractivity contribution in [2.45, 2.75) is 26.0 Å². The van der Waals surface area contributed by atoms with Crippen LogP contribution in [0.15, 0.2) is 24.3 Å². The number of thiazole rings is 1. The molecule has 1 aliphatic heterocycles. The minimum Gasteiger partial charge on any atom is -0.366 e. The summed E-state index contributed by atoms with van der Waals surface area (Å²) in [6.45, 7) is 5.87. The number of ether oxygens (including phenoxy) is 1. The van der Waals surface area contributed by atoms with Crippen LogP contribution in [0, 0.1) is 6.92 Å². The standard InChI is InChI=1S/C17H20ClN3O2S.ClH/c1-10(20-16(22)14-9-19-7-8-23-14)17-21-15(11(2)24-17)12-3-5-13(18)6-4-12;/h3-6,10,14,19H,7-9H2,1-2H3,(H,20,22);1H. The molecule has 2 heterocycles. The summed E-state index contributed by atoms with van der Waals surface area (Å²) < 4.78 is 5.48. The number of carbonyl (C=O) groups excluding carboxylic acids is 1. The van der Waals surface area contributed by atoms with Gasteiger partial charge in [0.15, 0.2) is 0 Å². The largest absolute Gasteiger partial charge is 0.366 e. The number of halogens is 2. The Hall–Kier alpha value is -1.18. The molecule has 2 N–H and O–H groups in total. The van der Waals surface area contributed by atoms with Gasteiger partial charge in [0.2, 0.25) is 0 Å². The molecular weight excluding hydrogens is 381 g/mol. The van der Waals surface area contributed by atoms with Crippen molar-refractivity contribution in [1.29, 1.82) is 0 Å². The smallest absolute Gasteiger partial charge is 0.251 e. The average molecular weight is 402 g/mol. The Morgan fingerprint density at radius 1 is 1.44 bits per heavy atom. The van der Waals surface area contributed by atoms with Crippen LogP contribution in [-0.2, 0) is 9.53 Å². The van der Waals surface area contributed by atoms with Gasteiger partial charge in [-0.2, -0.15) is 0 Å². The molecule has 0 radical (unpaired) electrons. The molecule has 1 aromatic carbocycles. The monoisotopic (exact) mass is 401 g/mol. The van der Waals surface area contributed by atoms with Crippen molar-refractivity contribution in [2.24, 2.45) is 0 Å². The van der Waals surface area contributed by atoms with Gasteiger partial charge in [-0.25, -0.2) is 4.98 Å². The number of nitrogens with one attached hydrogen (secondary N) is 2. The van der Waals surface area contributed by atoms with E-state index in [-0.39, 0.29) is 24.4 Å². The van der Waals surface area contributed by atoms with Crippen molar-refractivity contribution in [3.8, 4) is 11.3 Å². The van der Waals surface area contributed by atoms with Crippen LogP contribution in [0.4, 0.5) is 0 Å². The molecule has 2 aromatic rings. The van der Waals surface area contributed by atoms with Gasteiger partial charge in [0, 0.05) is 28.6 Å². The fourth-order valence-corrected chi connectivity index (χ4v) is 3.65. The number of aryl methyl sites for hydroxylation is 1. The van der Waals surface area contributed by atoms with Crippen molar-refractivity contribution < 1.29 is 9.53 Å². The lowest BCUT2D eigenvalue weighted by molar-refractivity contribution is -0.134. The minimum atomic E-state index is -0.432. The fraction of sp³-hybridized carbons (Fsp3) is 0.412. The summed E-state index contributed by atoms with van der Waals surface area (Å²) in [4.78, 5) is 18.1. The first-order valence-corrected chi connectivity index (χ1v) is 9.10. The van der Waals surface area contributed by atoms with E-state index in [2.05, 4.69) is 10.6 Å². The Morgan fingerprint density at radius 2 is 2.16 bits per heavy atom. The van der Waals surface area contributed by atoms with Gasteiger partial charge in [-0.3, -0.25) is 4.79 Å². The first kappa shape index (κ1) is 20.1. The molecule has 0 bridgehead atoms. The summed E-state index contributed by atoms with van der Waals surface area (Å²) >= 11 is 7.54. The van der Waals surface area contributed by atoms with Gasteiger partial charge in [-0.05, 0) is 26.0 Å². The zero-order valence-corrected chi connectivity index (χ0v) is 16.4. The van der Waals surface area contributed by atoms with Crippen LogP contribution in [-0.4, -0.2) is 36.7 Å². The quantitative estimate of drug-likeness (QED) is 0.824. The van der Waals surface area contributed by atoms with Crippen LogP contribution in [0.25, 0.3) is 11.3 Å². The van der Waals surface area contributed by atoms with Crippen LogP contribution in [0.3, 0.4) is 0 Å². The Balaban J connectivity index is 0.00000225. The second-order valence-corrected chi connectivity index (χ2v) is 7.43. The molecular formula is C17H21Cl2N3O2S. The fourth-order valence-electron chi connectivity index (χ4n) is 2.58. The van der Waals surface area contributed by atoms with Crippen molar-refractivity contribution >= 4 is 41.3 Å². The third-order valence-electron chi connectivity index (χ3n) is 3.88. The molecule has 25 heavy (non-hydrogen) atoms. The second kappa shape index (κ2) is 8.96. The maximum atomic E-state index is 12.3. The molecule has 2 atom stereocenters. The van der Waals surface area contributed by atoms with Gasteiger partial charge in [-0.1, -0.05) is 23.7 Å². The number of nitrogens with zero attached hydrogens (tertiary/aromatic N) is 1. The van der Waals surface area contributed by atoms with Crippen molar-refractivity contribution in [3.63, 3.8) is 0 Å². The molecule has 5 nitrogen and oxygen atoms in total. The third-order valence-corrected chi connectivity index (χ3v) is 5.29. The minimum absolute atomic E-state index is 0. The summed E-state index contributed by atoms with van der Waals surface area (Å²) in [5, 5.41) is 7.73. The van der Waals surface area contributed by atoms with Gasteiger partial charge in [0.25, 0.3) is 5.91 Å². The van der Waals surface area contributed by atoms with Crippen molar-refractivity contribution in [1.82, 2.24) is 15.6 Å². The number of rotatable bonds is 4. The lowest BCUT2D eigenvalue weighted by Gasteiger charge is -2.24. The van der Waals surface area contributed by atoms with E-state index < -0.39 is 6.10 Å². The number of aromatic nitrogens is 1. The number of carbonyl (C=O) groups is 1. The van der Waals surface area contributed by atoms with Crippen LogP contribution >= 0.6 is 35.3 Å². The van der Waals surface area contributed by atoms with Gasteiger partial charge in [0.05, 0.1) is 18.3 Å². The van der Waals surface area contributed by atoms with E-state index in [1.165, 1.54) is 0 Å². The number of amides is 1. The summed E-state index contributed by atoms with van der Waals surface area (Å²) in [7, 11) is 0. The van der Waals surface area contributed by atoms with Crippen LogP contribution in [0.2, 0.25) is 5.02 Å². The summed E-state index contributed by atoms with van der Waals surface area (Å²) in [6, 6.07) is 7.47. The molecule has 136 valence electrons. The lowest BCUT2D eigenvalue weighted by Crippen LogP contribution is -2.48. The molecule has 1 aliphatic rings. The van der Waals surface area contributed by atoms with Crippen LogP contribution in [0.1, 0.15) is 22.9 Å². The van der Waals surface area contributed by atoms with E-state index in [9.17, 15) is 4.79 Å². The Kier molecular flexibility index (Phi) is 7.22. The van der Waals surface area contributed by atoms with E-state index in [0.717, 1.165) is 27.7 Å². The second-order valence-electron chi connectivity index (χ2n) is 5.76. The Bertz CT molecular complexity index is 715. The predicted molar refractivity (Wildman–Crippen MR) is 104 cm³/mol. The molecule has 0 aliphatic carbocycles. The maximum Gasteiger partial charge on any atom is 0.251 e. The molecule has 2 unspecified atom stereocenters. The number of hydrogen-bond donors (Lipinski definition) is 2. The molecule has 1 amide bonds. The molecule has 3 rings (SSSR count). The number of hydrogen-bond acceptors (Lipinski definition) is 5. The summed E-state index contributed by atoms with van der Waals surface area (Å²) in [6.07, 6.45) is -0.432. The Labute approximate surface area is 162 Å². The SMILES string of the molecule is Cc1sc(C(C)NC(=O)C2CNCCO2)nc1-c1ccc(Cl)cc1.Cl. The predicted octanol–water partition coefficient (Wildman–Crippen LogP) is 3.36. The highest BCUT2D eigenvalue weighted by Gasteiger charge is 2.24. The van der Waals surface area contributed by atoms with Gasteiger partial charge < -0.3 is 15.4 Å². The van der Waals surface area contributed by atoms with E-state index in [4.69, 9.17) is 21.3 Å². The van der Waals surface area contributed by atoms with Crippen molar-refractivity contribution in [3.05, 3.63) is 39.2 Å². The van der Waals surface area contributed by atoms with Crippen molar-refractivity contribution in [2.75, 3.05) is 19.7 Å². The lowest BCUT2D eigenvalue weighted by atomic mass is 10.1. The van der Waals surface area contributed by atoms with E-state index in [0.29, 0.717) is 18.2 Å². The number of morpholine rings is 1. The molecule has 1 aromatic heterocycles. The molecule has 1 fully saturated rings. The highest BCUT2D eigenvalue weighted by atomic mass is 35.5. The molecule has 0 saturated carbocycles. The van der Waals surface area contributed by atoms with E-state index in [1.54, 1.807) is 11.3 Å². The van der Waals surface area contributed by atoms with Crippen LogP contribution in [0.5, 0.6) is 0 Å². The first-order valence-electron chi connectivity index (χ1n) is 7.90. The van der Waals surface area contributed by atoms with Gasteiger partial charge >= 0.3 is 0 Å². The maximum absolute atomic E-state index is 12.3. The number of benzene rings is 1. The third kappa shape index (κ3) is 4.92. The Morgan fingerprint density at radius 3 is 2.80 bits per heavy atom. The zero-order chi connectivity index (χ0) is 17.1. The molecule has 8 heteroatoms. The van der Waals surface area contributed by atoms with E-state index in [1.807, 2.05) is 38.1 Å². The van der Waals surface area contributed by atoms with Gasteiger partial charge in [0.1, 0.15) is 11.1 Å². The molecule has 0 spiro atoms. The van der Waals surface area contributed by atoms with E-state index >= 15 is 0 Å². The highest BCUT2D eigenvalue weighted by Crippen LogP contribution is 2.31. The molecule has 1 saturated heterocycles. The summed E-state index contributed by atoms with van der Waals surface area (Å²) in [5.74, 6) is -0.101. The zero-order valence-electron chi connectivity index (χ0n) is 14.0. The normalized spacial score (nSPS) is 18.3. The topological polar surface area (TPSA) is 63.2 Å². The van der Waals surface area contributed by atoms with Gasteiger partial charge in [-0.15, -0.1) is 23.7 Å². The van der Waals surface area contributed by atoms with Crippen LogP contribution < -0.4 is 10.6 Å². The average Bonchev–Trinajstić information content (AvgIpc) is 2.98. The highest BCUT2D eigenvalue weighted by molar-refractivity contribution is 7.12.